The first-order valence-electron chi connectivity index (χ1n) is 18.2. The molecule has 3 aromatic heterocycles. The van der Waals surface area contributed by atoms with E-state index in [0.29, 0.717) is 53.0 Å². The van der Waals surface area contributed by atoms with Crippen LogP contribution < -0.4 is 0 Å². The topological polar surface area (TPSA) is 79.8 Å². The molecule has 0 fully saturated rings. The lowest BCUT2D eigenvalue weighted by Crippen LogP contribution is -2.26. The number of rotatable bonds is 6. The summed E-state index contributed by atoms with van der Waals surface area (Å²) >= 11 is 3.48. The molecule has 1 atom stereocenters. The first kappa shape index (κ1) is 38.6. The molecule has 0 amide bonds. The molecular weight excluding hydrogens is 838 g/mol. The highest BCUT2D eigenvalue weighted by Gasteiger charge is 2.35. The lowest BCUT2D eigenvalue weighted by Gasteiger charge is -2.29. The van der Waals surface area contributed by atoms with E-state index in [-0.39, 0.29) is 17.2 Å². The van der Waals surface area contributed by atoms with E-state index in [1.165, 1.54) is 26.9 Å². The highest BCUT2D eigenvalue weighted by molar-refractivity contribution is 14.2. The SMILES string of the molecule is CCOC(=O)CCc1cccc(C2(C)CCCCC(C)(C)c3cnn(c3)Cc3c(c(F)cc4c3ccn4SI)Sc3ccc(F)c(c3)-c3nc2nn3C)c1. The van der Waals surface area contributed by atoms with Crippen molar-refractivity contribution in [3.63, 3.8) is 0 Å². The van der Waals surface area contributed by atoms with Gasteiger partial charge >= 0.3 is 5.97 Å². The van der Waals surface area contributed by atoms with Crippen molar-refractivity contribution in [2.75, 3.05) is 6.61 Å². The van der Waals surface area contributed by atoms with Crippen LogP contribution in [0.4, 0.5) is 8.78 Å². The number of esters is 1. The fourth-order valence-electron chi connectivity index (χ4n) is 7.40. The lowest BCUT2D eigenvalue weighted by atomic mass is 9.75. The molecule has 0 saturated carbocycles. The zero-order valence-corrected chi connectivity index (χ0v) is 34.8. The quantitative estimate of drug-likeness (QED) is 0.122. The van der Waals surface area contributed by atoms with Crippen molar-refractivity contribution in [3.05, 3.63) is 113 Å². The van der Waals surface area contributed by atoms with Gasteiger partial charge in [0.1, 0.15) is 11.6 Å². The molecule has 7 rings (SSSR count). The number of hydrogen-bond donors (Lipinski definition) is 0. The standard InChI is InChI=1S/C41H43F2IN6O2S2/c1-6-52-36(51)15-12-26-10-9-11-27(20-26)41(4)18-8-7-17-40(2,3)28-23-45-49(24-28)25-32-30-16-19-50(54-44)35(30)22-34(43)37(32)53-29-13-14-33(42)31(21-29)38-46-39(41)47-48(38)5/h9-11,13-14,16,19-24H,6-8,12,15,17-18,25H2,1-5H3. The van der Waals surface area contributed by atoms with E-state index in [2.05, 4.69) is 60.3 Å². The van der Waals surface area contributed by atoms with Crippen LogP contribution in [0.5, 0.6) is 0 Å². The van der Waals surface area contributed by atoms with E-state index in [1.54, 1.807) is 29.9 Å². The molecule has 13 heteroatoms. The second kappa shape index (κ2) is 15.8. The summed E-state index contributed by atoms with van der Waals surface area (Å²) in [6.07, 6.45) is 10.3. The average Bonchev–Trinajstić information content (AvgIpc) is 3.90. The lowest BCUT2D eigenvalue weighted by molar-refractivity contribution is -0.143. The first-order chi connectivity index (χ1) is 25.9. The van der Waals surface area contributed by atoms with E-state index in [1.807, 2.05) is 46.2 Å². The summed E-state index contributed by atoms with van der Waals surface area (Å²) in [6.45, 7) is 9.19. The largest absolute Gasteiger partial charge is 0.466 e. The summed E-state index contributed by atoms with van der Waals surface area (Å²) in [7, 11) is 3.27. The smallest absolute Gasteiger partial charge is 0.306 e. The average molecular weight is 881 g/mol. The summed E-state index contributed by atoms with van der Waals surface area (Å²) in [5.41, 5.74) is 4.30. The third-order valence-electron chi connectivity index (χ3n) is 10.6. The van der Waals surface area contributed by atoms with Crippen LogP contribution in [-0.4, -0.2) is 41.1 Å². The maximum Gasteiger partial charge on any atom is 0.306 e. The highest BCUT2D eigenvalue weighted by Crippen LogP contribution is 2.42. The predicted octanol–water partition coefficient (Wildman–Crippen LogP) is 10.6. The third kappa shape index (κ3) is 7.73. The van der Waals surface area contributed by atoms with Crippen LogP contribution in [0.1, 0.15) is 87.9 Å². The number of aromatic nitrogens is 6. The molecule has 54 heavy (non-hydrogen) atoms. The van der Waals surface area contributed by atoms with Crippen LogP contribution in [0.25, 0.3) is 22.3 Å². The van der Waals surface area contributed by atoms with E-state index < -0.39 is 11.2 Å². The van der Waals surface area contributed by atoms with Crippen molar-refractivity contribution < 1.29 is 18.3 Å². The summed E-state index contributed by atoms with van der Waals surface area (Å²) in [6, 6.07) is 16.7. The minimum absolute atomic E-state index is 0.159. The zero-order chi connectivity index (χ0) is 38.2. The third-order valence-corrected chi connectivity index (χ3v) is 13.5. The van der Waals surface area contributed by atoms with Crippen molar-refractivity contribution in [1.29, 1.82) is 0 Å². The van der Waals surface area contributed by atoms with Crippen molar-refractivity contribution in [1.82, 2.24) is 28.5 Å². The normalized spacial score (nSPS) is 17.4. The molecule has 1 unspecified atom stereocenters. The molecule has 1 aliphatic rings. The van der Waals surface area contributed by atoms with E-state index in [4.69, 9.17) is 19.9 Å². The molecule has 3 aromatic carbocycles. The van der Waals surface area contributed by atoms with E-state index >= 15 is 8.78 Å². The second-order valence-corrected chi connectivity index (χ2v) is 17.6. The van der Waals surface area contributed by atoms with Gasteiger partial charge in [-0.25, -0.2) is 18.4 Å². The Balaban J connectivity index is 1.35. The Labute approximate surface area is 335 Å². The molecule has 0 radical (unpaired) electrons. The van der Waals surface area contributed by atoms with Crippen LogP contribution in [0.2, 0.25) is 0 Å². The Morgan fingerprint density at radius 3 is 2.65 bits per heavy atom. The molecule has 4 heterocycles. The van der Waals surface area contributed by atoms with Crippen molar-refractivity contribution in [3.8, 4) is 11.4 Å². The fourth-order valence-corrected chi connectivity index (χ4v) is 9.76. The number of halogens is 3. The van der Waals surface area contributed by atoms with Crippen LogP contribution >= 0.6 is 42.1 Å². The minimum atomic E-state index is -0.614. The van der Waals surface area contributed by atoms with Crippen LogP contribution in [0.3, 0.4) is 0 Å². The van der Waals surface area contributed by atoms with Gasteiger partial charge in [0.15, 0.2) is 11.6 Å². The van der Waals surface area contributed by atoms with Gasteiger partial charge in [0.05, 0.1) is 40.7 Å². The summed E-state index contributed by atoms with van der Waals surface area (Å²) in [5.74, 6) is -0.0201. The second-order valence-electron chi connectivity index (χ2n) is 14.8. The van der Waals surface area contributed by atoms with Crippen LogP contribution in [0, 0.1) is 11.6 Å². The number of fused-ring (bicyclic) bond motifs is 10. The summed E-state index contributed by atoms with van der Waals surface area (Å²) < 4.78 is 42.8. The molecule has 1 aliphatic heterocycles. The van der Waals surface area contributed by atoms with Gasteiger partial charge in [-0.1, -0.05) is 62.7 Å². The Morgan fingerprint density at radius 2 is 1.85 bits per heavy atom. The number of aryl methyl sites for hydroxylation is 2. The minimum Gasteiger partial charge on any atom is -0.466 e. The molecule has 0 aliphatic carbocycles. The van der Waals surface area contributed by atoms with Gasteiger partial charge in [0.2, 0.25) is 0 Å². The van der Waals surface area contributed by atoms with Gasteiger partial charge in [-0.05, 0) is 85.0 Å². The maximum atomic E-state index is 16.3. The monoisotopic (exact) mass is 880 g/mol. The molecule has 8 nitrogen and oxygen atoms in total. The van der Waals surface area contributed by atoms with Gasteiger partial charge in [-0.2, -0.15) is 10.2 Å². The number of nitrogens with zero attached hydrogens (tertiary/aromatic N) is 6. The number of ether oxygens (including phenoxy) is 1. The van der Waals surface area contributed by atoms with Crippen LogP contribution in [0.15, 0.2) is 83.0 Å². The molecule has 0 N–H and O–H groups in total. The fraction of sp³-hybridized carbons (Fsp3) is 0.366. The Morgan fingerprint density at radius 1 is 1.04 bits per heavy atom. The van der Waals surface area contributed by atoms with Gasteiger partial charge in [0, 0.05) is 72.5 Å². The Bertz CT molecular complexity index is 2340. The Kier molecular flexibility index (Phi) is 11.3. The van der Waals surface area contributed by atoms with Gasteiger partial charge in [-0.15, -0.1) is 0 Å². The summed E-state index contributed by atoms with van der Waals surface area (Å²) in [4.78, 5) is 18.4. The maximum absolute atomic E-state index is 16.3. The molecule has 282 valence electrons. The number of hydrogen-bond acceptors (Lipinski definition) is 7. The summed E-state index contributed by atoms with van der Waals surface area (Å²) in [5, 5.41) is 10.7. The molecule has 6 bridgehead atoms. The molecular formula is C41H43F2IN6O2S2. The van der Waals surface area contributed by atoms with Gasteiger partial charge < -0.3 is 4.74 Å². The first-order valence-corrected chi connectivity index (χ1v) is 22.3. The Hall–Kier alpha value is -3.69. The predicted molar refractivity (Wildman–Crippen MR) is 220 cm³/mol. The number of benzene rings is 3. The van der Waals surface area contributed by atoms with Gasteiger partial charge in [-0.3, -0.25) is 13.4 Å². The van der Waals surface area contributed by atoms with Crippen molar-refractivity contribution >= 4 is 59.0 Å². The van der Waals surface area contributed by atoms with Crippen LogP contribution in [-0.2, 0) is 40.4 Å². The molecule has 6 aromatic rings. The van der Waals surface area contributed by atoms with Crippen molar-refractivity contribution in [2.45, 2.75) is 93.4 Å². The zero-order valence-electron chi connectivity index (χ0n) is 31.0. The van der Waals surface area contributed by atoms with E-state index in [9.17, 15) is 4.79 Å². The van der Waals surface area contributed by atoms with Gasteiger partial charge in [0.25, 0.3) is 0 Å². The number of carbonyl (C=O) groups excluding carboxylic acids is 1. The van der Waals surface area contributed by atoms with Crippen molar-refractivity contribution in [2.24, 2.45) is 7.05 Å². The number of carbonyl (C=O) groups is 1. The highest BCUT2D eigenvalue weighted by atomic mass is 127. The van der Waals surface area contributed by atoms with E-state index in [0.717, 1.165) is 58.8 Å². The molecule has 0 saturated heterocycles. The molecule has 0 spiro atoms.